The molecule has 3 atom stereocenters. The van der Waals surface area contributed by atoms with E-state index >= 15 is 0 Å². The number of carboxylic acids is 1. The SMILES string of the molecule is CCOC(=O)N1c2ccc(OC)nc2[C@@H](NC(c2cc(C#N)cc(C(F)(F)F)c2)c2ncc(CCC(=O)O)cn2)C[C@H]1CC. The summed E-state index contributed by atoms with van der Waals surface area (Å²) in [6, 6.07) is 6.06. The molecule has 4 rings (SSSR count). The molecule has 1 amide bonds. The predicted molar refractivity (Wildman–Crippen MR) is 151 cm³/mol. The Kier molecular flexibility index (Phi) is 10.00. The fraction of sp³-hybridized carbons (Fsp3) is 0.400. The van der Waals surface area contributed by atoms with Gasteiger partial charge in [-0.25, -0.2) is 19.7 Å². The normalized spacial score (nSPS) is 16.9. The summed E-state index contributed by atoms with van der Waals surface area (Å²) in [5.41, 5.74) is 0.244. The third-order valence-corrected chi connectivity index (χ3v) is 7.21. The maximum Gasteiger partial charge on any atom is 0.416 e. The van der Waals surface area contributed by atoms with Gasteiger partial charge in [0.25, 0.3) is 0 Å². The zero-order valence-corrected chi connectivity index (χ0v) is 24.3. The second kappa shape index (κ2) is 13.7. The van der Waals surface area contributed by atoms with Gasteiger partial charge in [-0.05, 0) is 61.6 Å². The van der Waals surface area contributed by atoms with E-state index in [1.807, 2.05) is 6.92 Å². The van der Waals surface area contributed by atoms with Gasteiger partial charge in [-0.2, -0.15) is 18.4 Å². The number of hydrogen-bond donors (Lipinski definition) is 2. The Morgan fingerprint density at radius 2 is 1.93 bits per heavy atom. The Hall–Kier alpha value is -4.77. The minimum absolute atomic E-state index is 0.0833. The van der Waals surface area contributed by atoms with E-state index < -0.39 is 35.9 Å². The van der Waals surface area contributed by atoms with Gasteiger partial charge in [0.15, 0.2) is 0 Å². The van der Waals surface area contributed by atoms with Crippen molar-refractivity contribution in [2.75, 3.05) is 18.6 Å². The molecule has 0 spiro atoms. The van der Waals surface area contributed by atoms with Crippen LogP contribution >= 0.6 is 0 Å². The number of aliphatic carboxylic acids is 1. The predicted octanol–water partition coefficient (Wildman–Crippen LogP) is 5.35. The number of aromatic nitrogens is 3. The summed E-state index contributed by atoms with van der Waals surface area (Å²) >= 11 is 0. The lowest BCUT2D eigenvalue weighted by Gasteiger charge is -2.40. The van der Waals surface area contributed by atoms with Crippen LogP contribution in [0.1, 0.15) is 79.0 Å². The van der Waals surface area contributed by atoms with Crippen molar-refractivity contribution in [3.63, 3.8) is 0 Å². The maximum absolute atomic E-state index is 13.9. The molecule has 14 heteroatoms. The van der Waals surface area contributed by atoms with Crippen LogP contribution in [0, 0.1) is 11.3 Å². The minimum atomic E-state index is -4.73. The van der Waals surface area contributed by atoms with Gasteiger partial charge < -0.3 is 14.6 Å². The highest BCUT2D eigenvalue weighted by Gasteiger charge is 2.39. The number of amides is 1. The third kappa shape index (κ3) is 7.23. The first-order chi connectivity index (χ1) is 21.0. The number of nitriles is 1. The Morgan fingerprint density at radius 3 is 2.52 bits per heavy atom. The number of halogens is 3. The fourth-order valence-corrected chi connectivity index (χ4v) is 5.11. The smallest absolute Gasteiger partial charge is 0.416 e. The molecule has 1 aromatic carbocycles. The highest BCUT2D eigenvalue weighted by Crippen LogP contribution is 2.41. The van der Waals surface area contributed by atoms with E-state index in [9.17, 15) is 28.0 Å². The first-order valence-corrected chi connectivity index (χ1v) is 13.9. The number of carbonyl (C=O) groups is 2. The van der Waals surface area contributed by atoms with E-state index in [0.717, 1.165) is 12.1 Å². The molecule has 232 valence electrons. The van der Waals surface area contributed by atoms with E-state index in [2.05, 4.69) is 20.3 Å². The zero-order valence-electron chi connectivity index (χ0n) is 24.3. The van der Waals surface area contributed by atoms with Crippen molar-refractivity contribution in [3.05, 3.63) is 76.5 Å². The first-order valence-electron chi connectivity index (χ1n) is 13.9. The first kappa shape index (κ1) is 32.2. The van der Waals surface area contributed by atoms with E-state index in [-0.39, 0.29) is 48.3 Å². The summed E-state index contributed by atoms with van der Waals surface area (Å²) in [5, 5.41) is 21.9. The topological polar surface area (TPSA) is 151 Å². The van der Waals surface area contributed by atoms with E-state index in [1.165, 1.54) is 30.5 Å². The number of carbonyl (C=O) groups excluding carboxylic acids is 1. The van der Waals surface area contributed by atoms with Crippen LogP contribution in [0.5, 0.6) is 5.88 Å². The van der Waals surface area contributed by atoms with Crippen molar-refractivity contribution in [2.45, 2.75) is 63.8 Å². The van der Waals surface area contributed by atoms with E-state index in [1.54, 1.807) is 25.1 Å². The molecule has 2 N–H and O–H groups in total. The van der Waals surface area contributed by atoms with Gasteiger partial charge in [0, 0.05) is 30.9 Å². The summed E-state index contributed by atoms with van der Waals surface area (Å²) < 4.78 is 52.3. The number of ether oxygens (including phenoxy) is 2. The molecule has 11 nitrogen and oxygen atoms in total. The molecule has 1 aliphatic rings. The largest absolute Gasteiger partial charge is 0.481 e. The fourth-order valence-electron chi connectivity index (χ4n) is 5.11. The molecule has 0 radical (unpaired) electrons. The van der Waals surface area contributed by atoms with Gasteiger partial charge in [-0.15, -0.1) is 0 Å². The molecule has 1 aliphatic heterocycles. The van der Waals surface area contributed by atoms with Gasteiger partial charge in [-0.3, -0.25) is 15.0 Å². The maximum atomic E-state index is 13.9. The molecule has 0 aliphatic carbocycles. The molecular weight excluding hydrogens is 581 g/mol. The third-order valence-electron chi connectivity index (χ3n) is 7.21. The van der Waals surface area contributed by atoms with Crippen LogP contribution in [-0.2, 0) is 22.1 Å². The number of pyridine rings is 1. The number of anilines is 1. The molecule has 3 heterocycles. The summed E-state index contributed by atoms with van der Waals surface area (Å²) in [4.78, 5) is 38.9. The lowest BCUT2D eigenvalue weighted by atomic mass is 9.91. The quantitative estimate of drug-likeness (QED) is 0.307. The van der Waals surface area contributed by atoms with Gasteiger partial charge in [0.2, 0.25) is 5.88 Å². The van der Waals surface area contributed by atoms with Crippen molar-refractivity contribution >= 4 is 17.7 Å². The number of benzene rings is 1. The van der Waals surface area contributed by atoms with Gasteiger partial charge in [0.05, 0.1) is 54.4 Å². The Balaban J connectivity index is 1.84. The Labute approximate surface area is 251 Å². The van der Waals surface area contributed by atoms with Crippen molar-refractivity contribution in [3.8, 4) is 11.9 Å². The number of carboxylic acid groups (broad SMARTS) is 1. The van der Waals surface area contributed by atoms with Crippen molar-refractivity contribution in [1.82, 2.24) is 20.3 Å². The molecule has 0 bridgehead atoms. The second-order valence-corrected chi connectivity index (χ2v) is 10.1. The van der Waals surface area contributed by atoms with Crippen molar-refractivity contribution in [1.29, 1.82) is 5.26 Å². The van der Waals surface area contributed by atoms with Gasteiger partial charge >= 0.3 is 18.2 Å². The Bertz CT molecular complexity index is 1540. The molecule has 2 aromatic heterocycles. The average Bonchev–Trinajstić information content (AvgIpc) is 3.01. The number of fused-ring (bicyclic) bond motifs is 1. The number of rotatable bonds is 10. The van der Waals surface area contributed by atoms with Crippen LogP contribution in [0.3, 0.4) is 0 Å². The van der Waals surface area contributed by atoms with Crippen molar-refractivity contribution < 1.29 is 37.3 Å². The second-order valence-electron chi connectivity index (χ2n) is 10.1. The zero-order chi connectivity index (χ0) is 32.0. The monoisotopic (exact) mass is 612 g/mol. The molecule has 0 saturated carbocycles. The van der Waals surface area contributed by atoms with Crippen LogP contribution in [0.25, 0.3) is 0 Å². The van der Waals surface area contributed by atoms with Crippen molar-refractivity contribution in [2.24, 2.45) is 0 Å². The van der Waals surface area contributed by atoms with Gasteiger partial charge in [-0.1, -0.05) is 6.92 Å². The summed E-state index contributed by atoms with van der Waals surface area (Å²) in [7, 11) is 1.44. The number of aryl methyl sites for hydroxylation is 1. The van der Waals surface area contributed by atoms with E-state index in [0.29, 0.717) is 29.8 Å². The number of hydrogen-bond acceptors (Lipinski definition) is 9. The van der Waals surface area contributed by atoms with Crippen LogP contribution in [0.4, 0.5) is 23.7 Å². The number of alkyl halides is 3. The van der Waals surface area contributed by atoms with Crippen LogP contribution in [0.15, 0.2) is 42.7 Å². The lowest BCUT2D eigenvalue weighted by Crippen LogP contribution is -2.48. The average molecular weight is 613 g/mol. The number of nitrogens with one attached hydrogen (secondary N) is 1. The summed E-state index contributed by atoms with van der Waals surface area (Å²) in [6.45, 7) is 3.76. The highest BCUT2D eigenvalue weighted by molar-refractivity contribution is 5.90. The van der Waals surface area contributed by atoms with Crippen LogP contribution in [0.2, 0.25) is 0 Å². The minimum Gasteiger partial charge on any atom is -0.481 e. The van der Waals surface area contributed by atoms with E-state index in [4.69, 9.17) is 14.6 Å². The lowest BCUT2D eigenvalue weighted by molar-refractivity contribution is -0.138. The Morgan fingerprint density at radius 1 is 1.20 bits per heavy atom. The van der Waals surface area contributed by atoms with Crippen LogP contribution < -0.4 is 15.0 Å². The number of methoxy groups -OCH3 is 1. The van der Waals surface area contributed by atoms with Gasteiger partial charge in [0.1, 0.15) is 5.82 Å². The highest BCUT2D eigenvalue weighted by atomic mass is 19.4. The summed E-state index contributed by atoms with van der Waals surface area (Å²) in [5.74, 6) is -0.642. The molecule has 44 heavy (non-hydrogen) atoms. The standard InChI is InChI=1S/C30H31F3N6O5/c1-4-21-13-22(27-23(7-8-24(38-27)43-3)39(21)29(42)44-5-2)37-26(28-35-15-17(16-36-28)6-9-25(40)41)19-10-18(14-34)11-20(12-19)30(31,32)33/h7-8,10-12,15-16,21-22,26,37H,4-6,9,13H2,1-3H3,(H,40,41)/t21-,22+,26?/m1/s1. The molecular formula is C30H31F3N6O5. The molecule has 1 unspecified atom stereocenters. The number of nitrogens with zero attached hydrogens (tertiary/aromatic N) is 5. The summed E-state index contributed by atoms with van der Waals surface area (Å²) in [6.07, 6.45) is -1.59. The molecule has 3 aromatic rings. The molecule has 0 fully saturated rings. The van der Waals surface area contributed by atoms with Crippen LogP contribution in [-0.4, -0.2) is 51.9 Å². The molecule has 0 saturated heterocycles.